The standard InChI is InChI=1S/C10H14F2O3/c1-15-7(8(13)14)9(2-3-9)6-4-10(11,12)5-6/h6-7H,2-5H2,1H3,(H,13,14). The van der Waals surface area contributed by atoms with Crippen LogP contribution in [0.2, 0.25) is 0 Å². The molecule has 1 atom stereocenters. The van der Waals surface area contributed by atoms with E-state index in [-0.39, 0.29) is 18.8 Å². The number of halogens is 2. The summed E-state index contributed by atoms with van der Waals surface area (Å²) in [5.74, 6) is -3.81. The molecule has 0 spiro atoms. The van der Waals surface area contributed by atoms with E-state index in [0.29, 0.717) is 12.8 Å². The van der Waals surface area contributed by atoms with Crippen LogP contribution in [0.1, 0.15) is 25.7 Å². The van der Waals surface area contributed by atoms with Crippen LogP contribution in [0, 0.1) is 11.3 Å². The number of hydrogen-bond acceptors (Lipinski definition) is 2. The van der Waals surface area contributed by atoms with Crippen molar-refractivity contribution in [1.29, 1.82) is 0 Å². The van der Waals surface area contributed by atoms with Crippen molar-refractivity contribution in [2.75, 3.05) is 7.11 Å². The average molecular weight is 220 g/mol. The highest BCUT2D eigenvalue weighted by molar-refractivity contribution is 5.74. The predicted molar refractivity (Wildman–Crippen MR) is 47.8 cm³/mol. The summed E-state index contributed by atoms with van der Waals surface area (Å²) in [5.41, 5.74) is -0.512. The lowest BCUT2D eigenvalue weighted by atomic mass is 9.68. The summed E-state index contributed by atoms with van der Waals surface area (Å²) in [4.78, 5) is 10.9. The molecule has 0 aromatic carbocycles. The van der Waals surface area contributed by atoms with Gasteiger partial charge < -0.3 is 9.84 Å². The summed E-state index contributed by atoms with van der Waals surface area (Å²) in [6.07, 6.45) is 0.107. The van der Waals surface area contributed by atoms with Crippen molar-refractivity contribution in [3.05, 3.63) is 0 Å². The lowest BCUT2D eigenvalue weighted by Crippen LogP contribution is -2.47. The number of alkyl halides is 2. The van der Waals surface area contributed by atoms with E-state index in [2.05, 4.69) is 0 Å². The first-order valence-electron chi connectivity index (χ1n) is 5.05. The van der Waals surface area contributed by atoms with Crippen LogP contribution < -0.4 is 0 Å². The normalized spacial score (nSPS) is 29.3. The van der Waals surface area contributed by atoms with Gasteiger partial charge in [0.15, 0.2) is 6.10 Å². The van der Waals surface area contributed by atoms with Gasteiger partial charge >= 0.3 is 5.97 Å². The highest BCUT2D eigenvalue weighted by Crippen LogP contribution is 2.64. The van der Waals surface area contributed by atoms with E-state index in [9.17, 15) is 13.6 Å². The van der Waals surface area contributed by atoms with Crippen molar-refractivity contribution in [3.63, 3.8) is 0 Å². The number of ether oxygens (including phenoxy) is 1. The van der Waals surface area contributed by atoms with Gasteiger partial charge in [0.2, 0.25) is 5.92 Å². The molecule has 0 aromatic heterocycles. The number of methoxy groups -OCH3 is 1. The second-order valence-electron chi connectivity index (χ2n) is 4.65. The van der Waals surface area contributed by atoms with Gasteiger partial charge in [0, 0.05) is 25.4 Å². The Morgan fingerprint density at radius 1 is 1.47 bits per heavy atom. The molecular formula is C10H14F2O3. The van der Waals surface area contributed by atoms with Crippen LogP contribution in [0.5, 0.6) is 0 Å². The van der Waals surface area contributed by atoms with E-state index in [1.165, 1.54) is 7.11 Å². The van der Waals surface area contributed by atoms with Crippen LogP contribution in [0.15, 0.2) is 0 Å². The molecule has 2 aliphatic rings. The van der Waals surface area contributed by atoms with Crippen LogP contribution in [0.3, 0.4) is 0 Å². The highest BCUT2D eigenvalue weighted by Gasteiger charge is 2.65. The molecule has 0 aliphatic heterocycles. The minimum atomic E-state index is -2.59. The monoisotopic (exact) mass is 220 g/mol. The fourth-order valence-corrected chi connectivity index (χ4v) is 2.68. The summed E-state index contributed by atoms with van der Waals surface area (Å²) in [6.45, 7) is 0. The van der Waals surface area contributed by atoms with Gasteiger partial charge in [-0.25, -0.2) is 13.6 Å². The molecule has 5 heteroatoms. The molecule has 0 amide bonds. The van der Waals surface area contributed by atoms with Crippen LogP contribution in [0.25, 0.3) is 0 Å². The zero-order valence-electron chi connectivity index (χ0n) is 8.50. The SMILES string of the molecule is COC(C(=O)O)C1(C2CC(F)(F)C2)CC1. The molecule has 2 fully saturated rings. The van der Waals surface area contributed by atoms with E-state index in [4.69, 9.17) is 9.84 Å². The first kappa shape index (κ1) is 10.8. The number of aliphatic carboxylic acids is 1. The summed E-state index contributed by atoms with van der Waals surface area (Å²) in [7, 11) is 1.33. The van der Waals surface area contributed by atoms with Gasteiger partial charge in [0.1, 0.15) is 0 Å². The minimum absolute atomic E-state index is 0.180. The Bertz CT molecular complexity index is 278. The Morgan fingerprint density at radius 2 is 2.00 bits per heavy atom. The van der Waals surface area contributed by atoms with Gasteiger partial charge in [0.05, 0.1) is 0 Å². The number of carbonyl (C=O) groups is 1. The van der Waals surface area contributed by atoms with Crippen molar-refractivity contribution in [1.82, 2.24) is 0 Å². The van der Waals surface area contributed by atoms with Gasteiger partial charge in [-0.3, -0.25) is 0 Å². The Kier molecular flexibility index (Phi) is 2.26. The molecule has 86 valence electrons. The lowest BCUT2D eigenvalue weighted by molar-refractivity contribution is -0.172. The number of carboxylic acids is 1. The molecule has 0 heterocycles. The van der Waals surface area contributed by atoms with Gasteiger partial charge in [0.25, 0.3) is 0 Å². The largest absolute Gasteiger partial charge is 0.479 e. The van der Waals surface area contributed by atoms with Crippen LogP contribution in [-0.4, -0.2) is 30.2 Å². The molecule has 0 aromatic rings. The Hall–Kier alpha value is -0.710. The number of hydrogen-bond donors (Lipinski definition) is 1. The topological polar surface area (TPSA) is 46.5 Å². The van der Waals surface area contributed by atoms with Crippen LogP contribution in [0.4, 0.5) is 8.78 Å². The third-order valence-corrected chi connectivity index (χ3v) is 3.71. The molecule has 0 bridgehead atoms. The summed E-state index contributed by atoms with van der Waals surface area (Å²) >= 11 is 0. The molecule has 15 heavy (non-hydrogen) atoms. The van der Waals surface area contributed by atoms with E-state index in [0.717, 1.165) is 0 Å². The molecule has 2 aliphatic carbocycles. The maximum atomic E-state index is 12.7. The third-order valence-electron chi connectivity index (χ3n) is 3.71. The minimum Gasteiger partial charge on any atom is -0.479 e. The fraction of sp³-hybridized carbons (Fsp3) is 0.900. The van der Waals surface area contributed by atoms with Gasteiger partial charge in [-0.2, -0.15) is 0 Å². The summed E-state index contributed by atoms with van der Waals surface area (Å²) < 4.78 is 30.4. The highest BCUT2D eigenvalue weighted by atomic mass is 19.3. The quantitative estimate of drug-likeness (QED) is 0.787. The second-order valence-corrected chi connectivity index (χ2v) is 4.65. The first-order chi connectivity index (χ1) is 6.91. The molecule has 0 radical (unpaired) electrons. The Balaban J connectivity index is 2.05. The smallest absolute Gasteiger partial charge is 0.333 e. The van der Waals surface area contributed by atoms with Crippen molar-refractivity contribution >= 4 is 5.97 Å². The van der Waals surface area contributed by atoms with E-state index < -0.39 is 23.4 Å². The van der Waals surface area contributed by atoms with Crippen molar-refractivity contribution in [2.45, 2.75) is 37.7 Å². The molecule has 0 saturated heterocycles. The van der Waals surface area contributed by atoms with Gasteiger partial charge in [-0.15, -0.1) is 0 Å². The van der Waals surface area contributed by atoms with E-state index in [1.54, 1.807) is 0 Å². The molecular weight excluding hydrogens is 206 g/mol. The van der Waals surface area contributed by atoms with Crippen LogP contribution >= 0.6 is 0 Å². The second kappa shape index (κ2) is 3.14. The van der Waals surface area contributed by atoms with Crippen molar-refractivity contribution < 1.29 is 23.4 Å². The summed E-state index contributed by atoms with van der Waals surface area (Å²) in [6, 6.07) is 0. The van der Waals surface area contributed by atoms with E-state index in [1.807, 2.05) is 0 Å². The molecule has 2 rings (SSSR count). The number of carboxylic acid groups (broad SMARTS) is 1. The zero-order valence-corrected chi connectivity index (χ0v) is 8.50. The Labute approximate surface area is 86.4 Å². The molecule has 1 unspecified atom stereocenters. The maximum Gasteiger partial charge on any atom is 0.333 e. The zero-order chi connectivity index (χ0) is 11.3. The molecule has 1 N–H and O–H groups in total. The van der Waals surface area contributed by atoms with Gasteiger partial charge in [-0.05, 0) is 18.8 Å². The van der Waals surface area contributed by atoms with E-state index >= 15 is 0 Å². The van der Waals surface area contributed by atoms with Crippen molar-refractivity contribution in [3.8, 4) is 0 Å². The van der Waals surface area contributed by atoms with Crippen LogP contribution in [-0.2, 0) is 9.53 Å². The van der Waals surface area contributed by atoms with Gasteiger partial charge in [-0.1, -0.05) is 0 Å². The maximum absolute atomic E-state index is 12.7. The predicted octanol–water partition coefficient (Wildman–Crippen LogP) is 1.91. The molecule has 2 saturated carbocycles. The fourth-order valence-electron chi connectivity index (χ4n) is 2.68. The van der Waals surface area contributed by atoms with Crippen molar-refractivity contribution in [2.24, 2.45) is 11.3 Å². The lowest BCUT2D eigenvalue weighted by Gasteiger charge is -2.42. The summed E-state index contributed by atoms with van der Waals surface area (Å²) in [5, 5.41) is 8.93. The third kappa shape index (κ3) is 1.62. The average Bonchev–Trinajstić information content (AvgIpc) is 2.82. The Morgan fingerprint density at radius 3 is 2.27 bits per heavy atom. The number of rotatable bonds is 4. The first-order valence-corrected chi connectivity index (χ1v) is 5.05. The molecule has 3 nitrogen and oxygen atoms in total.